The van der Waals surface area contributed by atoms with Crippen LogP contribution in [0.5, 0.6) is 0 Å². The molecule has 56 valence electrons. The van der Waals surface area contributed by atoms with Gasteiger partial charge < -0.3 is 10.2 Å². The lowest BCUT2D eigenvalue weighted by molar-refractivity contribution is 0.268. The van der Waals surface area contributed by atoms with E-state index in [4.69, 9.17) is 10.2 Å². The maximum atomic E-state index is 8.60. The van der Waals surface area contributed by atoms with Gasteiger partial charge in [0.25, 0.3) is 0 Å². The number of hydrogen-bond donors (Lipinski definition) is 2. The zero-order valence-corrected chi connectivity index (χ0v) is 5.56. The van der Waals surface area contributed by atoms with E-state index in [1.165, 1.54) is 0 Å². The molecule has 1 rings (SSSR count). The van der Waals surface area contributed by atoms with Gasteiger partial charge in [-0.1, -0.05) is 0 Å². The van der Waals surface area contributed by atoms with Crippen LogP contribution in [-0.4, -0.2) is 26.6 Å². The third-order valence-corrected chi connectivity index (χ3v) is 1.20. The Labute approximate surface area is 58.7 Å². The second-order valence-corrected chi connectivity index (χ2v) is 1.99. The highest BCUT2D eigenvalue weighted by Gasteiger charge is 1.94. The van der Waals surface area contributed by atoms with Crippen molar-refractivity contribution >= 4 is 0 Å². The van der Waals surface area contributed by atoms with Crippen molar-refractivity contribution in [3.05, 3.63) is 18.0 Å². The smallest absolute Gasteiger partial charge is 0.0712 e. The van der Waals surface area contributed by atoms with Crippen LogP contribution in [-0.2, 0) is 13.2 Å². The molecule has 0 bridgehead atoms. The molecule has 0 saturated heterocycles. The normalized spacial score (nSPS) is 10.2. The van der Waals surface area contributed by atoms with E-state index in [2.05, 4.69) is 5.10 Å². The zero-order chi connectivity index (χ0) is 7.40. The Kier molecular flexibility index (Phi) is 2.42. The van der Waals surface area contributed by atoms with Gasteiger partial charge in [0.15, 0.2) is 0 Å². The van der Waals surface area contributed by atoms with Crippen LogP contribution in [0.1, 0.15) is 5.56 Å². The minimum atomic E-state index is 0.00539. The van der Waals surface area contributed by atoms with Crippen LogP contribution in [0.2, 0.25) is 0 Å². The molecule has 0 aromatic carbocycles. The Hall–Kier alpha value is -0.870. The topological polar surface area (TPSA) is 58.3 Å². The molecule has 0 aliphatic heterocycles. The molecular formula is C6H10N2O2. The van der Waals surface area contributed by atoms with Crippen LogP contribution in [0.4, 0.5) is 0 Å². The molecule has 0 aliphatic rings. The van der Waals surface area contributed by atoms with Gasteiger partial charge in [-0.2, -0.15) is 5.10 Å². The lowest BCUT2D eigenvalue weighted by Gasteiger charge is -1.93. The van der Waals surface area contributed by atoms with Crippen molar-refractivity contribution < 1.29 is 10.2 Å². The van der Waals surface area contributed by atoms with E-state index in [0.717, 1.165) is 5.56 Å². The molecule has 10 heavy (non-hydrogen) atoms. The SMILES string of the molecule is OCCn1cc(CO)cn1. The van der Waals surface area contributed by atoms with Gasteiger partial charge in [0.1, 0.15) is 0 Å². The molecule has 2 N–H and O–H groups in total. The summed E-state index contributed by atoms with van der Waals surface area (Å²) >= 11 is 0. The molecule has 4 heteroatoms. The zero-order valence-electron chi connectivity index (χ0n) is 5.56. The number of aromatic nitrogens is 2. The van der Waals surface area contributed by atoms with Gasteiger partial charge in [-0.15, -0.1) is 0 Å². The minimum absolute atomic E-state index is 0.00539. The fraction of sp³-hybridized carbons (Fsp3) is 0.500. The highest BCUT2D eigenvalue weighted by molar-refractivity contribution is 5.01. The Morgan fingerprint density at radius 1 is 1.50 bits per heavy atom. The summed E-state index contributed by atoms with van der Waals surface area (Å²) in [4.78, 5) is 0. The summed E-state index contributed by atoms with van der Waals surface area (Å²) in [6.45, 7) is 0.567. The quantitative estimate of drug-likeness (QED) is 0.590. The van der Waals surface area contributed by atoms with Gasteiger partial charge in [-0.25, -0.2) is 0 Å². The molecule has 0 fully saturated rings. The summed E-state index contributed by atoms with van der Waals surface area (Å²) in [6.07, 6.45) is 3.28. The summed E-state index contributed by atoms with van der Waals surface area (Å²) in [7, 11) is 0. The van der Waals surface area contributed by atoms with Gasteiger partial charge in [-0.05, 0) is 0 Å². The predicted octanol–water partition coefficient (Wildman–Crippen LogP) is -0.632. The summed E-state index contributed by atoms with van der Waals surface area (Å²) in [6, 6.07) is 0. The van der Waals surface area contributed by atoms with Gasteiger partial charge in [-0.3, -0.25) is 4.68 Å². The van der Waals surface area contributed by atoms with Crippen molar-refractivity contribution in [3.8, 4) is 0 Å². The average molecular weight is 142 g/mol. The molecule has 0 aliphatic carbocycles. The highest BCUT2D eigenvalue weighted by atomic mass is 16.3. The largest absolute Gasteiger partial charge is 0.394 e. The third-order valence-electron chi connectivity index (χ3n) is 1.20. The first-order chi connectivity index (χ1) is 4.86. The number of aliphatic hydroxyl groups excluding tert-OH is 2. The van der Waals surface area contributed by atoms with Gasteiger partial charge in [0, 0.05) is 11.8 Å². The molecule has 1 aromatic rings. The number of hydrogen-bond acceptors (Lipinski definition) is 3. The first-order valence-electron chi connectivity index (χ1n) is 3.10. The first kappa shape index (κ1) is 7.24. The lowest BCUT2D eigenvalue weighted by Crippen LogP contribution is -2.01. The molecule has 0 amide bonds. The van der Waals surface area contributed by atoms with Crippen LogP contribution in [0, 0.1) is 0 Å². The second kappa shape index (κ2) is 3.34. The van der Waals surface area contributed by atoms with Crippen LogP contribution < -0.4 is 0 Å². The van der Waals surface area contributed by atoms with E-state index in [1.807, 2.05) is 0 Å². The molecular weight excluding hydrogens is 132 g/mol. The average Bonchev–Trinajstić information content (AvgIpc) is 2.37. The van der Waals surface area contributed by atoms with Crippen molar-refractivity contribution in [2.75, 3.05) is 6.61 Å². The third kappa shape index (κ3) is 1.55. The molecule has 0 saturated carbocycles. The van der Waals surface area contributed by atoms with Crippen LogP contribution in [0.3, 0.4) is 0 Å². The van der Waals surface area contributed by atoms with E-state index >= 15 is 0 Å². The van der Waals surface area contributed by atoms with Crippen molar-refractivity contribution in [1.82, 2.24) is 9.78 Å². The molecule has 0 unspecified atom stereocenters. The summed E-state index contributed by atoms with van der Waals surface area (Å²) in [5, 5.41) is 21.0. The number of rotatable bonds is 3. The maximum absolute atomic E-state index is 8.60. The van der Waals surface area contributed by atoms with E-state index in [9.17, 15) is 0 Å². The molecule has 1 aromatic heterocycles. The minimum Gasteiger partial charge on any atom is -0.394 e. The summed E-state index contributed by atoms with van der Waals surface area (Å²) in [5.74, 6) is 0. The van der Waals surface area contributed by atoms with Crippen molar-refractivity contribution in [1.29, 1.82) is 0 Å². The molecule has 1 heterocycles. The van der Waals surface area contributed by atoms with Gasteiger partial charge in [0.2, 0.25) is 0 Å². The summed E-state index contributed by atoms with van der Waals surface area (Å²) < 4.78 is 1.59. The Morgan fingerprint density at radius 2 is 2.30 bits per heavy atom. The van der Waals surface area contributed by atoms with Crippen LogP contribution >= 0.6 is 0 Å². The number of nitrogens with zero attached hydrogens (tertiary/aromatic N) is 2. The first-order valence-corrected chi connectivity index (χ1v) is 3.10. The fourth-order valence-electron chi connectivity index (χ4n) is 0.713. The van der Waals surface area contributed by atoms with Crippen LogP contribution in [0.25, 0.3) is 0 Å². The van der Waals surface area contributed by atoms with Crippen molar-refractivity contribution in [2.24, 2.45) is 0 Å². The molecule has 0 radical (unpaired) electrons. The molecule has 0 atom stereocenters. The Morgan fingerprint density at radius 3 is 2.80 bits per heavy atom. The molecule has 0 spiro atoms. The van der Waals surface area contributed by atoms with E-state index < -0.39 is 0 Å². The van der Waals surface area contributed by atoms with Gasteiger partial charge >= 0.3 is 0 Å². The maximum Gasteiger partial charge on any atom is 0.0712 e. The van der Waals surface area contributed by atoms with E-state index in [-0.39, 0.29) is 13.2 Å². The van der Waals surface area contributed by atoms with Crippen LogP contribution in [0.15, 0.2) is 12.4 Å². The van der Waals surface area contributed by atoms with E-state index in [1.54, 1.807) is 17.1 Å². The van der Waals surface area contributed by atoms with Gasteiger partial charge in [0.05, 0.1) is 26.0 Å². The fourth-order valence-corrected chi connectivity index (χ4v) is 0.713. The number of aliphatic hydroxyl groups is 2. The second-order valence-electron chi connectivity index (χ2n) is 1.99. The van der Waals surface area contributed by atoms with E-state index in [0.29, 0.717) is 6.54 Å². The highest BCUT2D eigenvalue weighted by Crippen LogP contribution is 1.95. The monoisotopic (exact) mass is 142 g/mol. The summed E-state index contributed by atoms with van der Waals surface area (Å²) in [5.41, 5.74) is 0.772. The van der Waals surface area contributed by atoms with Crippen molar-refractivity contribution in [2.45, 2.75) is 13.2 Å². The Balaban J connectivity index is 2.59. The van der Waals surface area contributed by atoms with Crippen molar-refractivity contribution in [3.63, 3.8) is 0 Å². The molecule has 4 nitrogen and oxygen atoms in total. The lowest BCUT2D eigenvalue weighted by atomic mass is 10.4. The standard InChI is InChI=1S/C6H10N2O2/c9-2-1-8-4-6(5-10)3-7-8/h3-4,9-10H,1-2,5H2. The predicted molar refractivity (Wildman–Crippen MR) is 35.2 cm³/mol. The Bertz CT molecular complexity index is 197.